The van der Waals surface area contributed by atoms with E-state index in [2.05, 4.69) is 10.5 Å². The van der Waals surface area contributed by atoms with Crippen molar-refractivity contribution in [2.75, 3.05) is 5.43 Å². The van der Waals surface area contributed by atoms with Crippen LogP contribution in [0.15, 0.2) is 84.0 Å². The third kappa shape index (κ3) is 4.86. The van der Waals surface area contributed by atoms with Gasteiger partial charge < -0.3 is 4.74 Å². The first-order valence-electron chi connectivity index (χ1n) is 7.61. The number of nitrogens with zero attached hydrogens (tertiary/aromatic N) is 1. The third-order valence-corrected chi connectivity index (χ3v) is 3.61. The zero-order valence-electron chi connectivity index (χ0n) is 13.0. The average molecular weight is 337 g/mol. The Kier molecular flexibility index (Phi) is 5.48. The number of hydrogen-bond donors (Lipinski definition) is 1. The van der Waals surface area contributed by atoms with Gasteiger partial charge in [-0.2, -0.15) is 5.10 Å². The lowest BCUT2D eigenvalue weighted by Crippen LogP contribution is -1.96. The van der Waals surface area contributed by atoms with E-state index in [1.807, 2.05) is 78.9 Å². The van der Waals surface area contributed by atoms with Gasteiger partial charge in [0.15, 0.2) is 0 Å². The van der Waals surface area contributed by atoms with Gasteiger partial charge in [0.1, 0.15) is 12.4 Å². The summed E-state index contributed by atoms with van der Waals surface area (Å²) in [4.78, 5) is 0. The van der Waals surface area contributed by atoms with Gasteiger partial charge in [-0.05, 0) is 47.5 Å². The largest absolute Gasteiger partial charge is 0.489 e. The molecule has 0 amide bonds. The molecule has 0 aliphatic heterocycles. The smallest absolute Gasteiger partial charge is 0.120 e. The topological polar surface area (TPSA) is 33.6 Å². The summed E-state index contributed by atoms with van der Waals surface area (Å²) in [7, 11) is 0. The Morgan fingerprint density at radius 2 is 1.71 bits per heavy atom. The van der Waals surface area contributed by atoms with Crippen molar-refractivity contribution in [1.82, 2.24) is 0 Å². The van der Waals surface area contributed by atoms with Crippen LogP contribution in [0.3, 0.4) is 0 Å². The second-order valence-corrected chi connectivity index (χ2v) is 5.66. The van der Waals surface area contributed by atoms with Gasteiger partial charge in [-0.25, -0.2) is 0 Å². The minimum Gasteiger partial charge on any atom is -0.489 e. The summed E-state index contributed by atoms with van der Waals surface area (Å²) >= 11 is 5.88. The highest BCUT2D eigenvalue weighted by Gasteiger charge is 1.98. The summed E-state index contributed by atoms with van der Waals surface area (Å²) < 4.78 is 5.81. The molecule has 3 rings (SSSR count). The first-order chi connectivity index (χ1) is 11.8. The van der Waals surface area contributed by atoms with Crippen molar-refractivity contribution < 1.29 is 4.74 Å². The summed E-state index contributed by atoms with van der Waals surface area (Å²) in [5.41, 5.74) is 5.98. The van der Waals surface area contributed by atoms with Gasteiger partial charge in [-0.15, -0.1) is 0 Å². The number of nitrogens with one attached hydrogen (secondary N) is 1. The van der Waals surface area contributed by atoms with Gasteiger partial charge in [0.05, 0.1) is 11.9 Å². The Morgan fingerprint density at radius 1 is 0.917 bits per heavy atom. The maximum absolute atomic E-state index is 5.88. The fourth-order valence-electron chi connectivity index (χ4n) is 2.13. The molecule has 3 aromatic carbocycles. The third-order valence-electron chi connectivity index (χ3n) is 3.36. The van der Waals surface area contributed by atoms with Gasteiger partial charge >= 0.3 is 0 Å². The minimum atomic E-state index is 0.500. The zero-order valence-corrected chi connectivity index (χ0v) is 13.8. The Morgan fingerprint density at radius 3 is 2.50 bits per heavy atom. The summed E-state index contributed by atoms with van der Waals surface area (Å²) in [6.45, 7) is 0.500. The van der Waals surface area contributed by atoms with E-state index in [1.165, 1.54) is 0 Å². The molecule has 0 heterocycles. The molecule has 0 saturated heterocycles. The van der Waals surface area contributed by atoms with Crippen LogP contribution in [0.4, 0.5) is 5.69 Å². The molecular weight excluding hydrogens is 320 g/mol. The van der Waals surface area contributed by atoms with E-state index in [-0.39, 0.29) is 0 Å². The van der Waals surface area contributed by atoms with Gasteiger partial charge in [-0.1, -0.05) is 54.1 Å². The number of hydrazone groups is 1. The van der Waals surface area contributed by atoms with Crippen LogP contribution in [-0.2, 0) is 6.61 Å². The lowest BCUT2D eigenvalue weighted by Gasteiger charge is -2.07. The van der Waals surface area contributed by atoms with Crippen LogP contribution >= 0.6 is 11.6 Å². The second-order valence-electron chi connectivity index (χ2n) is 5.22. The number of rotatable bonds is 6. The molecule has 0 aromatic heterocycles. The Balaban J connectivity index is 1.58. The lowest BCUT2D eigenvalue weighted by molar-refractivity contribution is 0.306. The fourth-order valence-corrected chi connectivity index (χ4v) is 2.25. The van der Waals surface area contributed by atoms with E-state index >= 15 is 0 Å². The van der Waals surface area contributed by atoms with Crippen LogP contribution in [0.25, 0.3) is 0 Å². The van der Waals surface area contributed by atoms with Crippen LogP contribution in [0, 0.1) is 0 Å². The summed E-state index contributed by atoms with van der Waals surface area (Å²) in [6, 6.07) is 25.2. The van der Waals surface area contributed by atoms with E-state index in [1.54, 1.807) is 6.21 Å². The molecule has 0 aliphatic carbocycles. The Labute approximate surface area is 146 Å². The van der Waals surface area contributed by atoms with Crippen molar-refractivity contribution in [3.05, 3.63) is 95.0 Å². The normalized spacial score (nSPS) is 10.7. The van der Waals surface area contributed by atoms with E-state index in [4.69, 9.17) is 16.3 Å². The van der Waals surface area contributed by atoms with Crippen LogP contribution in [0.2, 0.25) is 5.02 Å². The average Bonchev–Trinajstić information content (AvgIpc) is 2.63. The maximum Gasteiger partial charge on any atom is 0.120 e. The second kappa shape index (κ2) is 8.18. The summed E-state index contributed by atoms with van der Waals surface area (Å²) in [5, 5.41) is 4.96. The SMILES string of the molecule is Clc1ccc(COc2cccc(C=NNc3ccccc3)c2)cc1. The summed E-state index contributed by atoms with van der Waals surface area (Å²) in [6.07, 6.45) is 1.77. The molecule has 0 unspecified atom stereocenters. The zero-order chi connectivity index (χ0) is 16.6. The number of para-hydroxylation sites is 1. The molecule has 0 saturated carbocycles. The van der Waals surface area contributed by atoms with Crippen molar-refractivity contribution >= 4 is 23.5 Å². The van der Waals surface area contributed by atoms with Crippen LogP contribution < -0.4 is 10.2 Å². The monoisotopic (exact) mass is 336 g/mol. The minimum absolute atomic E-state index is 0.500. The van der Waals surface area contributed by atoms with Crippen molar-refractivity contribution in [2.45, 2.75) is 6.61 Å². The highest BCUT2D eigenvalue weighted by molar-refractivity contribution is 6.30. The van der Waals surface area contributed by atoms with Crippen LogP contribution in [-0.4, -0.2) is 6.21 Å². The molecule has 0 fully saturated rings. The lowest BCUT2D eigenvalue weighted by atomic mass is 10.2. The fraction of sp³-hybridized carbons (Fsp3) is 0.0500. The van der Waals surface area contributed by atoms with Gasteiger partial charge in [0.2, 0.25) is 0 Å². The van der Waals surface area contributed by atoms with Crippen molar-refractivity contribution in [3.63, 3.8) is 0 Å². The first kappa shape index (κ1) is 16.1. The molecule has 3 aromatic rings. The van der Waals surface area contributed by atoms with Gasteiger partial charge in [0.25, 0.3) is 0 Å². The molecular formula is C20H17ClN2O. The number of ether oxygens (including phenoxy) is 1. The molecule has 24 heavy (non-hydrogen) atoms. The van der Waals surface area contributed by atoms with Crippen molar-refractivity contribution in [1.29, 1.82) is 0 Å². The van der Waals surface area contributed by atoms with Crippen LogP contribution in [0.1, 0.15) is 11.1 Å². The highest BCUT2D eigenvalue weighted by atomic mass is 35.5. The molecule has 3 nitrogen and oxygen atoms in total. The molecule has 0 radical (unpaired) electrons. The van der Waals surface area contributed by atoms with E-state index in [0.29, 0.717) is 6.61 Å². The van der Waals surface area contributed by atoms with E-state index in [9.17, 15) is 0 Å². The molecule has 0 bridgehead atoms. The number of benzene rings is 3. The predicted octanol–water partition coefficient (Wildman–Crippen LogP) is 5.37. The molecule has 1 N–H and O–H groups in total. The molecule has 4 heteroatoms. The van der Waals surface area contributed by atoms with Crippen LogP contribution in [0.5, 0.6) is 5.75 Å². The number of hydrogen-bond acceptors (Lipinski definition) is 3. The summed E-state index contributed by atoms with van der Waals surface area (Å²) in [5.74, 6) is 0.800. The Bertz CT molecular complexity index is 801. The van der Waals surface area contributed by atoms with Gasteiger partial charge in [-0.3, -0.25) is 5.43 Å². The molecule has 0 atom stereocenters. The Hall–Kier alpha value is -2.78. The predicted molar refractivity (Wildman–Crippen MR) is 99.9 cm³/mol. The first-order valence-corrected chi connectivity index (χ1v) is 7.99. The molecule has 0 aliphatic rings. The van der Waals surface area contributed by atoms with E-state index < -0.39 is 0 Å². The number of halogens is 1. The van der Waals surface area contributed by atoms with E-state index in [0.717, 1.165) is 27.6 Å². The quantitative estimate of drug-likeness (QED) is 0.485. The molecule has 0 spiro atoms. The van der Waals surface area contributed by atoms with Gasteiger partial charge in [0, 0.05) is 5.02 Å². The highest BCUT2D eigenvalue weighted by Crippen LogP contribution is 2.16. The number of anilines is 1. The van der Waals surface area contributed by atoms with Crippen molar-refractivity contribution in [3.8, 4) is 5.75 Å². The maximum atomic E-state index is 5.88. The van der Waals surface area contributed by atoms with Crippen molar-refractivity contribution in [2.24, 2.45) is 5.10 Å². The molecule has 120 valence electrons. The standard InChI is InChI=1S/C20H17ClN2O/c21-18-11-9-16(10-12-18)15-24-20-8-4-5-17(13-20)14-22-23-19-6-2-1-3-7-19/h1-14,23H,15H2.